The smallest absolute Gasteiger partial charge is 0.269 e. The first kappa shape index (κ1) is 13.7. The number of hydrogen-bond donors (Lipinski definition) is 1. The van der Waals surface area contributed by atoms with Crippen molar-refractivity contribution in [3.63, 3.8) is 0 Å². The molecule has 2 aliphatic rings. The molecule has 2 aromatic rings. The van der Waals surface area contributed by atoms with Gasteiger partial charge in [-0.25, -0.2) is 9.67 Å². The molecule has 2 saturated heterocycles. The summed E-state index contributed by atoms with van der Waals surface area (Å²) < 4.78 is 7.56. The summed E-state index contributed by atoms with van der Waals surface area (Å²) in [4.78, 5) is 18.5. The maximum Gasteiger partial charge on any atom is 0.269 e. The number of carbonyl (C=O) groups excluding carboxylic acids is 1. The zero-order chi connectivity index (χ0) is 15.3. The molecule has 0 aliphatic carbocycles. The minimum absolute atomic E-state index is 0.223. The summed E-state index contributed by atoms with van der Waals surface area (Å²) in [6, 6.07) is 4.65. The molecule has 0 aromatic carbocycles. The highest BCUT2D eigenvalue weighted by atomic mass is 16.5. The second kappa shape index (κ2) is 5.03. The van der Waals surface area contributed by atoms with Crippen LogP contribution in [0.15, 0.2) is 18.3 Å². The van der Waals surface area contributed by atoms with E-state index in [0.717, 1.165) is 37.1 Å². The Morgan fingerprint density at radius 2 is 2.05 bits per heavy atom. The van der Waals surface area contributed by atoms with Crippen molar-refractivity contribution in [2.45, 2.75) is 31.0 Å². The van der Waals surface area contributed by atoms with E-state index in [1.165, 1.54) is 0 Å². The molecule has 0 spiro atoms. The van der Waals surface area contributed by atoms with E-state index in [0.29, 0.717) is 17.8 Å². The van der Waals surface area contributed by atoms with Crippen LogP contribution < -0.4 is 5.73 Å². The van der Waals surface area contributed by atoms with E-state index in [-0.39, 0.29) is 6.04 Å². The molecule has 1 amide bonds. The predicted molar refractivity (Wildman–Crippen MR) is 80.5 cm³/mol. The number of fused-ring (bicyclic) bond motifs is 3. The van der Waals surface area contributed by atoms with Crippen molar-refractivity contribution in [1.82, 2.24) is 19.7 Å². The summed E-state index contributed by atoms with van der Waals surface area (Å²) in [5.41, 5.74) is 6.52. The molecule has 116 valence electrons. The molecule has 2 unspecified atom stereocenters. The van der Waals surface area contributed by atoms with E-state index in [9.17, 15) is 4.79 Å². The fourth-order valence-corrected chi connectivity index (χ4v) is 3.68. The van der Waals surface area contributed by atoms with E-state index in [2.05, 4.69) is 22.0 Å². The molecule has 4 heterocycles. The number of nitrogens with two attached hydrogens (primary N) is 1. The van der Waals surface area contributed by atoms with Crippen LogP contribution in [0.1, 0.15) is 29.4 Å². The average molecular weight is 301 g/mol. The number of amides is 1. The van der Waals surface area contributed by atoms with Crippen molar-refractivity contribution in [2.24, 2.45) is 5.73 Å². The van der Waals surface area contributed by atoms with Crippen LogP contribution in [0.2, 0.25) is 0 Å². The van der Waals surface area contributed by atoms with Gasteiger partial charge in [0.05, 0.1) is 24.6 Å². The van der Waals surface area contributed by atoms with Crippen LogP contribution in [0.5, 0.6) is 0 Å². The van der Waals surface area contributed by atoms with E-state index in [1.807, 2.05) is 10.7 Å². The normalized spacial score (nSPS) is 28.9. The topological polar surface area (TPSA) is 86.3 Å². The third-order valence-corrected chi connectivity index (χ3v) is 4.91. The lowest BCUT2D eigenvalue weighted by atomic mass is 9.91. The number of likely N-dealkylation sites (N-methyl/N-ethyl adjacent to an activating group) is 1. The van der Waals surface area contributed by atoms with E-state index < -0.39 is 5.91 Å². The van der Waals surface area contributed by atoms with Gasteiger partial charge < -0.3 is 10.5 Å². The number of aromatic nitrogens is 3. The Morgan fingerprint density at radius 3 is 2.73 bits per heavy atom. The molecule has 2 aliphatic heterocycles. The van der Waals surface area contributed by atoms with Gasteiger partial charge in [0.1, 0.15) is 0 Å². The summed E-state index contributed by atoms with van der Waals surface area (Å²) in [6.07, 6.45) is 3.61. The van der Waals surface area contributed by atoms with Gasteiger partial charge in [-0.15, -0.1) is 0 Å². The predicted octanol–water partition coefficient (Wildman–Crippen LogP) is 0.564. The number of ether oxygens (including phenoxy) is 1. The maximum atomic E-state index is 11.6. The molecule has 22 heavy (non-hydrogen) atoms. The number of pyridine rings is 1. The second-order valence-corrected chi connectivity index (χ2v) is 6.17. The van der Waals surface area contributed by atoms with Gasteiger partial charge in [-0.05, 0) is 32.0 Å². The van der Waals surface area contributed by atoms with Gasteiger partial charge in [0, 0.05) is 18.3 Å². The Balaban J connectivity index is 1.77. The molecule has 7 heteroatoms. The Hall–Kier alpha value is -1.99. The highest BCUT2D eigenvalue weighted by Crippen LogP contribution is 2.34. The summed E-state index contributed by atoms with van der Waals surface area (Å²) in [7, 11) is 2.16. The molecule has 7 nitrogen and oxygen atoms in total. The van der Waals surface area contributed by atoms with E-state index >= 15 is 0 Å². The Bertz CT molecular complexity index is 714. The van der Waals surface area contributed by atoms with Crippen LogP contribution in [0.4, 0.5) is 0 Å². The second-order valence-electron chi connectivity index (χ2n) is 6.17. The molecule has 0 saturated carbocycles. The first-order valence-corrected chi connectivity index (χ1v) is 7.58. The molecule has 2 fully saturated rings. The number of piperidine rings is 1. The van der Waals surface area contributed by atoms with Crippen molar-refractivity contribution in [3.8, 4) is 0 Å². The first-order chi connectivity index (χ1) is 10.6. The summed E-state index contributed by atoms with van der Waals surface area (Å²) in [5, 5.41) is 5.22. The minimum Gasteiger partial charge on any atom is -0.378 e. The molecule has 0 radical (unpaired) electrons. The van der Waals surface area contributed by atoms with Gasteiger partial charge in [-0.2, -0.15) is 5.10 Å². The number of nitrogens with zero attached hydrogens (tertiary/aromatic N) is 4. The van der Waals surface area contributed by atoms with Crippen LogP contribution >= 0.6 is 0 Å². The van der Waals surface area contributed by atoms with Crippen molar-refractivity contribution < 1.29 is 9.53 Å². The van der Waals surface area contributed by atoms with Crippen LogP contribution in [-0.2, 0) is 4.74 Å². The third-order valence-electron chi connectivity index (χ3n) is 4.91. The lowest BCUT2D eigenvalue weighted by Gasteiger charge is -2.46. The highest BCUT2D eigenvalue weighted by molar-refractivity contribution is 6.03. The molecule has 2 aromatic heterocycles. The zero-order valence-electron chi connectivity index (χ0n) is 12.5. The largest absolute Gasteiger partial charge is 0.378 e. The van der Waals surface area contributed by atoms with Crippen molar-refractivity contribution in [1.29, 1.82) is 0 Å². The molecular formula is C15H19N5O2. The van der Waals surface area contributed by atoms with Crippen LogP contribution in [0.25, 0.3) is 11.0 Å². The fourth-order valence-electron chi connectivity index (χ4n) is 3.68. The van der Waals surface area contributed by atoms with Gasteiger partial charge in [-0.3, -0.25) is 9.69 Å². The quantitative estimate of drug-likeness (QED) is 0.876. The number of hydrogen-bond acceptors (Lipinski definition) is 5. The minimum atomic E-state index is -0.506. The van der Waals surface area contributed by atoms with Gasteiger partial charge in [0.25, 0.3) is 5.91 Å². The Labute approximate surface area is 128 Å². The third kappa shape index (κ3) is 2.00. The van der Waals surface area contributed by atoms with Crippen molar-refractivity contribution in [3.05, 3.63) is 24.0 Å². The van der Waals surface area contributed by atoms with E-state index in [1.54, 1.807) is 12.3 Å². The maximum absolute atomic E-state index is 11.6. The summed E-state index contributed by atoms with van der Waals surface area (Å²) >= 11 is 0. The van der Waals surface area contributed by atoms with Gasteiger partial charge in [0.15, 0.2) is 11.3 Å². The Morgan fingerprint density at radius 1 is 1.32 bits per heavy atom. The van der Waals surface area contributed by atoms with Crippen LogP contribution in [0, 0.1) is 0 Å². The fraction of sp³-hybridized carbons (Fsp3) is 0.533. The standard InChI is InChI=1S/C15H19N5O2/c1-19-10-5-9(6-11(19)8-22-7-10)20-15-12(3-2-4-17-15)13(18-20)14(16)21/h2-4,9-11H,5-8H2,1H3,(H2,16,21). The van der Waals surface area contributed by atoms with Crippen molar-refractivity contribution >= 4 is 16.9 Å². The summed E-state index contributed by atoms with van der Waals surface area (Å²) in [6.45, 7) is 1.50. The number of carbonyl (C=O) groups is 1. The highest BCUT2D eigenvalue weighted by Gasteiger charge is 2.38. The van der Waals surface area contributed by atoms with E-state index in [4.69, 9.17) is 10.5 Å². The van der Waals surface area contributed by atoms with Gasteiger partial charge in [-0.1, -0.05) is 0 Å². The molecular weight excluding hydrogens is 282 g/mol. The van der Waals surface area contributed by atoms with Gasteiger partial charge in [0.2, 0.25) is 0 Å². The van der Waals surface area contributed by atoms with Crippen LogP contribution in [-0.4, -0.2) is 57.9 Å². The SMILES string of the molecule is CN1C2COCC1CC(n1nc(C(N)=O)c3cccnc31)C2. The lowest BCUT2D eigenvalue weighted by Crippen LogP contribution is -2.55. The first-order valence-electron chi connectivity index (χ1n) is 7.58. The monoisotopic (exact) mass is 301 g/mol. The number of rotatable bonds is 2. The molecule has 2 atom stereocenters. The van der Waals surface area contributed by atoms with Crippen LogP contribution in [0.3, 0.4) is 0 Å². The summed E-state index contributed by atoms with van der Waals surface area (Å²) in [5.74, 6) is -0.506. The van der Waals surface area contributed by atoms with Gasteiger partial charge >= 0.3 is 0 Å². The zero-order valence-corrected chi connectivity index (χ0v) is 12.5. The molecule has 2 N–H and O–H groups in total. The average Bonchev–Trinajstić information content (AvgIpc) is 2.87. The van der Waals surface area contributed by atoms with Crippen molar-refractivity contribution in [2.75, 3.05) is 20.3 Å². The number of morpholine rings is 1. The molecule has 2 bridgehead atoms. The lowest BCUT2D eigenvalue weighted by molar-refractivity contribution is -0.0732. The Kier molecular flexibility index (Phi) is 3.12. The number of primary amides is 1. The molecule has 4 rings (SSSR count).